The standard InChI is InChI=1S/4C27H22O5S/c1-16-4-10-22(18(3)17(16)2)25(30)27-26(23-11-7-20(29)14-24(23)33-27)32-21-8-5-19(6-9-21)12-13-31-15-28;1-16-12-20(13-17(2)18(16)3)25(30)27-26(23-9-6-21(29)14-24(23)33-27)32-22-7-4-19(5-8-22)10-11-31-15-28;1-16-12-18(3)23(13-17(16)2)25(30)27-26(22-9-6-20(29)14-24(22)33-27)32-21-7-4-19(5-8-21)10-11-31-15-28;1-16-12-17(2)18(3)23(13-16)25(30)27-26(22-9-6-20(29)14-24(22)33-27)32-21-7-4-19(5-8-21)10-11-31-15-28/h4*4-15,29H,1-3H3/b13-12+;3*11-10+. The van der Waals surface area contributed by atoms with Crippen molar-refractivity contribution in [2.24, 2.45) is 0 Å². The lowest BCUT2D eigenvalue weighted by molar-refractivity contribution is -0.124. The lowest BCUT2D eigenvalue weighted by Gasteiger charge is -2.12. The molecule has 0 amide bonds. The van der Waals surface area contributed by atoms with Crippen LogP contribution in [0, 0.1) is 83.1 Å². The topological polar surface area (TPSA) is 291 Å². The zero-order chi connectivity index (χ0) is 94.1. The molecule has 0 unspecified atom stereocenters. The summed E-state index contributed by atoms with van der Waals surface area (Å²) in [5.41, 5.74) is 18.4. The van der Waals surface area contributed by atoms with E-state index in [9.17, 15) is 58.8 Å². The number of thiophene rings is 4. The molecule has 0 aliphatic rings. The summed E-state index contributed by atoms with van der Waals surface area (Å²) in [6.45, 7) is 25.3. The van der Waals surface area contributed by atoms with Gasteiger partial charge >= 0.3 is 0 Å². The van der Waals surface area contributed by atoms with Crippen molar-refractivity contribution in [2.75, 3.05) is 0 Å². The van der Waals surface area contributed by atoms with Crippen LogP contribution in [0.4, 0.5) is 0 Å². The van der Waals surface area contributed by atoms with Crippen LogP contribution in [0.5, 0.6) is 69.0 Å². The van der Waals surface area contributed by atoms with Crippen LogP contribution in [-0.4, -0.2) is 69.4 Å². The maximum Gasteiger partial charge on any atom is 0.297 e. The number of ether oxygens (including phenoxy) is 8. The first-order chi connectivity index (χ1) is 63.5. The summed E-state index contributed by atoms with van der Waals surface area (Å²) in [5.74, 6) is 4.14. The molecule has 16 aromatic rings. The number of benzene rings is 12. The minimum Gasteiger partial charge on any atom is -0.508 e. The second-order valence-corrected chi connectivity index (χ2v) is 35.0. The van der Waals surface area contributed by atoms with Gasteiger partial charge in [-0.2, -0.15) is 0 Å². The maximum atomic E-state index is 13.7. The van der Waals surface area contributed by atoms with Crippen molar-refractivity contribution in [3.05, 3.63) is 374 Å². The van der Waals surface area contributed by atoms with Gasteiger partial charge in [0.05, 0.1) is 25.0 Å². The van der Waals surface area contributed by atoms with E-state index in [1.54, 1.807) is 146 Å². The molecule has 20 nitrogen and oxygen atoms in total. The van der Waals surface area contributed by atoms with Gasteiger partial charge in [-0.25, -0.2) is 0 Å². The fourth-order valence-corrected chi connectivity index (χ4v) is 18.7. The minimum atomic E-state index is -0.123. The zero-order valence-electron chi connectivity index (χ0n) is 73.7. The summed E-state index contributed by atoms with van der Waals surface area (Å²) in [6, 6.07) is 64.2. The number of ketones is 4. The quantitative estimate of drug-likeness (QED) is 0.0153. The molecule has 24 heteroatoms. The highest BCUT2D eigenvalue weighted by Crippen LogP contribution is 2.49. The normalized spacial score (nSPS) is 11.1. The van der Waals surface area contributed by atoms with Gasteiger partial charge in [0.25, 0.3) is 25.9 Å². The van der Waals surface area contributed by atoms with Crippen LogP contribution < -0.4 is 18.9 Å². The van der Waals surface area contributed by atoms with Gasteiger partial charge in [0.15, 0.2) is 23.0 Å². The summed E-state index contributed by atoms with van der Waals surface area (Å²) in [4.78, 5) is 97.4. The molecule has 0 aliphatic heterocycles. The van der Waals surface area contributed by atoms with Crippen molar-refractivity contribution in [1.82, 2.24) is 0 Å². The van der Waals surface area contributed by atoms with E-state index < -0.39 is 0 Å². The molecule has 0 spiro atoms. The fraction of sp³-hybridized carbons (Fsp3) is 0.111. The van der Waals surface area contributed by atoms with Crippen LogP contribution in [0.3, 0.4) is 0 Å². The summed E-state index contributed by atoms with van der Waals surface area (Å²) in [6.07, 6.45) is 11.8. The summed E-state index contributed by atoms with van der Waals surface area (Å²) in [5, 5.41) is 42.8. The lowest BCUT2D eigenvalue weighted by atomic mass is 9.95. The van der Waals surface area contributed by atoms with E-state index in [-0.39, 0.29) is 46.1 Å². The third-order valence-electron chi connectivity index (χ3n) is 21.9. The number of carbonyl (C=O) groups is 8. The van der Waals surface area contributed by atoms with Crippen LogP contribution in [0.2, 0.25) is 0 Å². The molecular weight excluding hydrogens is 1750 g/mol. The monoisotopic (exact) mass is 1830 g/mol. The van der Waals surface area contributed by atoms with E-state index in [1.165, 1.54) is 70.4 Å². The van der Waals surface area contributed by atoms with E-state index in [0.717, 1.165) is 129 Å². The Kier molecular flexibility index (Phi) is 30.3. The Hall–Kier alpha value is -15.6. The Morgan fingerprint density at radius 3 is 0.894 bits per heavy atom. The number of phenolic OH excluding ortho intramolecular Hbond substituents is 4. The molecule has 0 atom stereocenters. The molecule has 0 aliphatic carbocycles. The first-order valence-corrected chi connectivity index (χ1v) is 44.4. The van der Waals surface area contributed by atoms with Crippen molar-refractivity contribution < 1.29 is 96.7 Å². The highest BCUT2D eigenvalue weighted by molar-refractivity contribution is 7.22. The van der Waals surface area contributed by atoms with Gasteiger partial charge in [-0.15, -0.1) is 45.3 Å². The van der Waals surface area contributed by atoms with Gasteiger partial charge in [-0.1, -0.05) is 78.4 Å². The van der Waals surface area contributed by atoms with E-state index >= 15 is 0 Å². The SMILES string of the molecule is Cc1cc(C(=O)c2sc3cc(O)ccc3c2Oc2ccc(/C=C/OC=O)cc2)cc(C)c1C.Cc1cc(C)c(C(=O)c2sc3cc(O)ccc3c2Oc2ccc(/C=C/OC=O)cc2)cc1C.Cc1cc(C)c(C)c(C(=O)c2sc3cc(O)ccc3c2Oc2ccc(/C=C/OC=O)cc2)c1.Cc1ccc(C(=O)c2sc3cc(O)ccc3c2Oc2ccc(/C=C/OC=O)cc2)c(C)c1C. The molecular formula is C108H88O20S4. The molecule has 0 fully saturated rings. The Labute approximate surface area is 776 Å². The zero-order valence-corrected chi connectivity index (χ0v) is 76.9. The van der Waals surface area contributed by atoms with Gasteiger partial charge in [-0.05, 0) is 336 Å². The molecule has 0 saturated carbocycles. The average molecular weight is 1830 g/mol. The van der Waals surface area contributed by atoms with E-state index in [4.69, 9.17) is 18.9 Å². The van der Waals surface area contributed by atoms with Crippen LogP contribution in [0.15, 0.2) is 243 Å². The lowest BCUT2D eigenvalue weighted by Crippen LogP contribution is -2.05. The molecule has 4 N–H and O–H groups in total. The number of hydrogen-bond donors (Lipinski definition) is 4. The number of phenols is 4. The maximum absolute atomic E-state index is 13.7. The first-order valence-electron chi connectivity index (χ1n) is 41.2. The highest BCUT2D eigenvalue weighted by Gasteiger charge is 2.30. The molecule has 132 heavy (non-hydrogen) atoms. The minimum absolute atomic E-state index is 0.111. The summed E-state index contributed by atoms with van der Waals surface area (Å²) < 4.78 is 46.2. The molecule has 4 heterocycles. The fourth-order valence-electron chi connectivity index (χ4n) is 14.3. The van der Waals surface area contributed by atoms with Crippen molar-refractivity contribution in [3.63, 3.8) is 0 Å². The Morgan fingerprint density at radius 1 is 0.258 bits per heavy atom. The molecule has 0 saturated heterocycles. The molecule has 0 bridgehead atoms. The van der Waals surface area contributed by atoms with E-state index in [2.05, 4.69) is 25.0 Å². The van der Waals surface area contributed by atoms with Crippen molar-refractivity contribution >= 4 is 159 Å². The number of aromatic hydroxyl groups is 4. The average Bonchev–Trinajstić information content (AvgIpc) is 1.63. The predicted molar refractivity (Wildman–Crippen MR) is 521 cm³/mol. The number of hydrogen-bond acceptors (Lipinski definition) is 24. The van der Waals surface area contributed by atoms with Crippen molar-refractivity contribution in [1.29, 1.82) is 0 Å². The third kappa shape index (κ3) is 22.2. The predicted octanol–water partition coefficient (Wildman–Crippen LogP) is 26.8. The molecule has 664 valence electrons. The Morgan fingerprint density at radius 2 is 0.561 bits per heavy atom. The van der Waals surface area contributed by atoms with E-state index in [1.807, 2.05) is 174 Å². The first kappa shape index (κ1) is 94.0. The number of rotatable bonds is 28. The second-order valence-electron chi connectivity index (χ2n) is 30.8. The third-order valence-corrected chi connectivity index (χ3v) is 26.5. The van der Waals surface area contributed by atoms with E-state index in [0.29, 0.717) is 114 Å². The Balaban J connectivity index is 0.000000150. The van der Waals surface area contributed by atoms with Crippen LogP contribution in [-0.2, 0) is 38.1 Å². The van der Waals surface area contributed by atoms with Gasteiger partial charge < -0.3 is 58.3 Å². The summed E-state index contributed by atoms with van der Waals surface area (Å²) >= 11 is 5.20. The number of fused-ring (bicyclic) bond motifs is 4. The smallest absolute Gasteiger partial charge is 0.297 e. The number of carbonyl (C=O) groups excluding carboxylic acids is 8. The van der Waals surface area contributed by atoms with Gasteiger partial charge in [0, 0.05) is 62.6 Å². The van der Waals surface area contributed by atoms with Crippen LogP contribution >= 0.6 is 45.3 Å². The highest BCUT2D eigenvalue weighted by atomic mass is 32.1. The number of aryl methyl sites for hydroxylation is 8. The van der Waals surface area contributed by atoms with Crippen LogP contribution in [0.25, 0.3) is 64.6 Å². The van der Waals surface area contributed by atoms with Gasteiger partial charge in [0.1, 0.15) is 65.5 Å². The Bertz CT molecular complexity index is 7060. The van der Waals surface area contributed by atoms with Crippen molar-refractivity contribution in [3.8, 4) is 69.0 Å². The second kappa shape index (κ2) is 42.5. The summed E-state index contributed by atoms with van der Waals surface area (Å²) in [7, 11) is 0. The molecule has 4 aromatic heterocycles. The molecule has 16 rings (SSSR count). The van der Waals surface area contributed by atoms with Crippen molar-refractivity contribution in [2.45, 2.75) is 83.1 Å². The largest absolute Gasteiger partial charge is 0.508 e. The van der Waals surface area contributed by atoms with Gasteiger partial charge in [0.2, 0.25) is 23.1 Å². The van der Waals surface area contributed by atoms with Gasteiger partial charge in [-0.3, -0.25) is 38.4 Å². The molecule has 0 radical (unpaired) electrons. The van der Waals surface area contributed by atoms with Crippen LogP contribution in [0.1, 0.15) is 150 Å². The molecule has 12 aromatic carbocycles.